The second kappa shape index (κ2) is 18.4. The van der Waals surface area contributed by atoms with Gasteiger partial charge in [0.15, 0.2) is 11.5 Å². The molecule has 1 aromatic rings. The molecule has 0 radical (unpaired) electrons. The number of ether oxygens (including phenoxy) is 2. The van der Waals surface area contributed by atoms with Gasteiger partial charge in [0.2, 0.25) is 0 Å². The summed E-state index contributed by atoms with van der Waals surface area (Å²) in [5, 5.41) is 29.2. The van der Waals surface area contributed by atoms with Gasteiger partial charge in [-0.25, -0.2) is 9.59 Å². The van der Waals surface area contributed by atoms with E-state index in [1.54, 1.807) is 13.8 Å². The fraction of sp³-hybridized carbons (Fsp3) is 0.533. The van der Waals surface area contributed by atoms with Crippen LogP contribution >= 0.6 is 0 Å². The minimum absolute atomic E-state index is 0. The Morgan fingerprint density at radius 1 is 1.35 bits per heavy atom. The van der Waals surface area contributed by atoms with E-state index in [0.717, 1.165) is 0 Å². The first kappa shape index (κ1) is 27.9. The molecule has 0 bridgehead atoms. The minimum Gasteiger partial charge on any atom is -0.461 e. The molecule has 0 unspecified atom stereocenters. The summed E-state index contributed by atoms with van der Waals surface area (Å²) in [4.78, 5) is 30.0. The number of aliphatic hydroxyl groups excluding tert-OH is 2. The molecule has 0 spiro atoms. The number of aromatic nitrogens is 1. The molecule has 1 aromatic heterocycles. The molecular formula is C15H24N2O9. The van der Waals surface area contributed by atoms with Crippen molar-refractivity contribution in [1.29, 1.82) is 0 Å². The highest BCUT2D eigenvalue weighted by molar-refractivity contribution is 5.87. The number of carbonyl (C=O) groups is 2. The predicted molar refractivity (Wildman–Crippen MR) is 89.5 cm³/mol. The molecule has 0 saturated heterocycles. The van der Waals surface area contributed by atoms with E-state index in [9.17, 15) is 19.7 Å². The molecule has 11 heteroatoms. The Labute approximate surface area is 151 Å². The first-order valence-electron chi connectivity index (χ1n) is 6.91. The van der Waals surface area contributed by atoms with Crippen molar-refractivity contribution in [1.82, 2.24) is 5.16 Å². The number of aliphatic hydroxyl groups is 2. The average Bonchev–Trinajstić information content (AvgIpc) is 3.04. The predicted octanol–water partition coefficient (Wildman–Crippen LogP) is 0.418. The third-order valence-corrected chi connectivity index (χ3v) is 1.85. The first-order chi connectivity index (χ1) is 11.9. The van der Waals surface area contributed by atoms with Gasteiger partial charge in [0.1, 0.15) is 13.2 Å². The van der Waals surface area contributed by atoms with E-state index < -0.39 is 23.4 Å². The molecule has 0 aliphatic heterocycles. The van der Waals surface area contributed by atoms with Crippen LogP contribution in [0.1, 0.15) is 37.5 Å². The number of esters is 2. The Kier molecular flexibility index (Phi) is 19.7. The molecule has 2 N–H and O–H groups in total. The maximum Gasteiger partial charge on any atom is 0.378 e. The minimum atomic E-state index is -0.789. The maximum atomic E-state index is 10.9. The lowest BCUT2D eigenvalue weighted by molar-refractivity contribution is -0.470. The fourth-order valence-corrected chi connectivity index (χ4v) is 1.00. The number of rotatable bonds is 6. The van der Waals surface area contributed by atoms with Crippen LogP contribution < -0.4 is 0 Å². The second-order valence-corrected chi connectivity index (χ2v) is 3.72. The normalized spacial score (nSPS) is 8.27. The molecule has 0 aromatic carbocycles. The summed E-state index contributed by atoms with van der Waals surface area (Å²) in [5.41, 5.74) is 0.0842. The number of hydrogen-bond acceptors (Lipinski definition) is 10. The molecule has 0 aliphatic rings. The molecule has 1 heterocycles. The Morgan fingerprint density at radius 2 is 1.88 bits per heavy atom. The van der Waals surface area contributed by atoms with E-state index >= 15 is 0 Å². The Morgan fingerprint density at radius 3 is 2.23 bits per heavy atom. The summed E-state index contributed by atoms with van der Waals surface area (Å²) in [5.74, 6) is 0.904. The van der Waals surface area contributed by atoms with Gasteiger partial charge >= 0.3 is 11.9 Å². The topological polar surface area (TPSA) is 162 Å². The van der Waals surface area contributed by atoms with Gasteiger partial charge < -0.3 is 24.2 Å². The maximum absolute atomic E-state index is 10.9. The van der Waals surface area contributed by atoms with E-state index in [2.05, 4.69) is 25.6 Å². The number of terminal acetylenes is 1. The zero-order valence-corrected chi connectivity index (χ0v) is 13.8. The lowest BCUT2D eigenvalue weighted by Crippen LogP contribution is -2.16. The summed E-state index contributed by atoms with van der Waals surface area (Å²) >= 11 is 0. The van der Waals surface area contributed by atoms with E-state index in [-0.39, 0.29) is 38.7 Å². The molecule has 0 amide bonds. The summed E-state index contributed by atoms with van der Waals surface area (Å²) in [6, 6.07) is 1.35. The van der Waals surface area contributed by atoms with Gasteiger partial charge in [-0.1, -0.05) is 18.5 Å². The molecule has 0 saturated carbocycles. The summed E-state index contributed by atoms with van der Waals surface area (Å²) < 4.78 is 13.5. The van der Waals surface area contributed by atoms with E-state index in [1.165, 1.54) is 6.07 Å². The van der Waals surface area contributed by atoms with Crippen LogP contribution in [0.3, 0.4) is 0 Å². The van der Waals surface area contributed by atoms with Gasteiger partial charge in [0, 0.05) is 11.0 Å². The van der Waals surface area contributed by atoms with Gasteiger partial charge in [-0.05, 0) is 13.8 Å². The monoisotopic (exact) mass is 376 g/mol. The van der Waals surface area contributed by atoms with Crippen LogP contribution in [0.2, 0.25) is 0 Å². The van der Waals surface area contributed by atoms with E-state index in [0.29, 0.717) is 6.61 Å². The van der Waals surface area contributed by atoms with Crippen LogP contribution in [-0.4, -0.2) is 58.6 Å². The Balaban J connectivity index is -0.000000337. The van der Waals surface area contributed by atoms with Gasteiger partial charge in [0.05, 0.1) is 13.2 Å². The summed E-state index contributed by atoms with van der Waals surface area (Å²) in [6.07, 6.45) is 4.53. The van der Waals surface area contributed by atoms with Gasteiger partial charge in [0.25, 0.3) is 6.54 Å². The van der Waals surface area contributed by atoms with Gasteiger partial charge in [-0.3, -0.25) is 10.1 Å². The molecule has 26 heavy (non-hydrogen) atoms. The smallest absolute Gasteiger partial charge is 0.378 e. The van der Waals surface area contributed by atoms with Crippen molar-refractivity contribution in [2.45, 2.75) is 27.9 Å². The number of nitrogens with zero attached hydrogens (tertiary/aromatic N) is 2. The van der Waals surface area contributed by atoms with Crippen molar-refractivity contribution in [3.8, 4) is 12.3 Å². The highest BCUT2D eigenvalue weighted by Crippen LogP contribution is 2.04. The van der Waals surface area contributed by atoms with Crippen molar-refractivity contribution < 1.29 is 38.7 Å². The van der Waals surface area contributed by atoms with Crippen LogP contribution in [0.5, 0.6) is 0 Å². The SMILES string of the molecule is C.C#CCO.CCOC(=O)C[N+](=O)[O-].CCOC(=O)c1cc(CO)on1. The molecule has 148 valence electrons. The van der Waals surface area contributed by atoms with Crippen LogP contribution in [-0.2, 0) is 20.9 Å². The first-order valence-corrected chi connectivity index (χ1v) is 6.91. The van der Waals surface area contributed by atoms with Crippen LogP contribution in [0, 0.1) is 22.5 Å². The lowest BCUT2D eigenvalue weighted by Gasteiger charge is -1.94. The van der Waals surface area contributed by atoms with E-state index in [4.69, 9.17) is 10.2 Å². The summed E-state index contributed by atoms with van der Waals surface area (Å²) in [7, 11) is 0. The number of nitro groups is 1. The largest absolute Gasteiger partial charge is 0.461 e. The van der Waals surface area contributed by atoms with Crippen molar-refractivity contribution in [3.05, 3.63) is 27.6 Å². The van der Waals surface area contributed by atoms with Crippen molar-refractivity contribution in [2.24, 2.45) is 0 Å². The van der Waals surface area contributed by atoms with Crippen LogP contribution in [0.4, 0.5) is 0 Å². The summed E-state index contributed by atoms with van der Waals surface area (Å²) in [6.45, 7) is 2.61. The second-order valence-electron chi connectivity index (χ2n) is 3.72. The average molecular weight is 376 g/mol. The Bertz CT molecular complexity index is 564. The highest BCUT2D eigenvalue weighted by atomic mass is 16.6. The molecule has 0 fully saturated rings. The zero-order valence-electron chi connectivity index (χ0n) is 13.8. The molecule has 0 aliphatic carbocycles. The lowest BCUT2D eigenvalue weighted by atomic mass is 10.4. The van der Waals surface area contributed by atoms with Crippen molar-refractivity contribution in [2.75, 3.05) is 26.4 Å². The van der Waals surface area contributed by atoms with Crippen molar-refractivity contribution >= 4 is 11.9 Å². The van der Waals surface area contributed by atoms with Gasteiger partial charge in [-0.2, -0.15) is 0 Å². The molecular weight excluding hydrogens is 352 g/mol. The quantitative estimate of drug-likeness (QED) is 0.308. The third kappa shape index (κ3) is 15.9. The highest BCUT2D eigenvalue weighted by Gasteiger charge is 2.12. The number of hydrogen-bond donors (Lipinski definition) is 2. The standard InChI is InChI=1S/C7H9NO4.C4H7NO4.C3H4O.CH4/c1-2-11-7(10)6-3-5(4-9)12-8-6;1-2-9-4(6)3-5(7)8;1-2-3-4;/h3,9H,2,4H2,1H3;2-3H2,1H3;1,4H,3H2;1H4. The van der Waals surface area contributed by atoms with Crippen LogP contribution in [0.25, 0.3) is 0 Å². The van der Waals surface area contributed by atoms with Crippen LogP contribution in [0.15, 0.2) is 10.6 Å². The zero-order chi connectivity index (χ0) is 19.7. The van der Waals surface area contributed by atoms with Crippen molar-refractivity contribution in [3.63, 3.8) is 0 Å². The molecule has 11 nitrogen and oxygen atoms in total. The number of carbonyl (C=O) groups excluding carboxylic acids is 2. The third-order valence-electron chi connectivity index (χ3n) is 1.85. The molecule has 0 atom stereocenters. The fourth-order valence-electron chi connectivity index (χ4n) is 1.00. The Hall–Kier alpha value is -2.97. The van der Waals surface area contributed by atoms with Gasteiger partial charge in [-0.15, -0.1) is 6.42 Å². The van der Waals surface area contributed by atoms with E-state index in [1.807, 2.05) is 5.92 Å². The molecule has 1 rings (SSSR count).